The second-order valence-corrected chi connectivity index (χ2v) is 4.19. The Kier molecular flexibility index (Phi) is 2.96. The van der Waals surface area contributed by atoms with Gasteiger partial charge in [-0.2, -0.15) is 13.2 Å². The summed E-state index contributed by atoms with van der Waals surface area (Å²) in [5.41, 5.74) is 0.998. The number of fused-ring (bicyclic) bond motifs is 1. The molecule has 2 rings (SSSR count). The maximum Gasteiger partial charge on any atom is 0.435 e. The number of pyridine rings is 1. The first-order chi connectivity index (χ1) is 7.93. The smallest absolute Gasteiger partial charge is 0.322 e. The Morgan fingerprint density at radius 1 is 1.29 bits per heavy atom. The Labute approximate surface area is 103 Å². The van der Waals surface area contributed by atoms with Crippen LogP contribution in [0.4, 0.5) is 18.9 Å². The minimum absolute atomic E-state index is 0.253. The highest BCUT2D eigenvalue weighted by atomic mass is 79.9. The van der Waals surface area contributed by atoms with Gasteiger partial charge in [0.2, 0.25) is 0 Å². The number of nitrogens with two attached hydrogens (primary N) is 1. The first kappa shape index (κ1) is 12.1. The predicted octanol–water partition coefficient (Wildman–Crippen LogP) is 3.30. The van der Waals surface area contributed by atoms with Gasteiger partial charge in [0.05, 0.1) is 11.2 Å². The van der Waals surface area contributed by atoms with Crippen LogP contribution in [0.1, 0.15) is 5.69 Å². The van der Waals surface area contributed by atoms with E-state index in [2.05, 4.69) is 20.9 Å². The topological polar surface area (TPSA) is 50.9 Å². The van der Waals surface area contributed by atoms with E-state index in [0.717, 1.165) is 0 Å². The van der Waals surface area contributed by atoms with Crippen molar-refractivity contribution in [2.75, 3.05) is 5.43 Å². The van der Waals surface area contributed by atoms with Gasteiger partial charge < -0.3 is 5.43 Å². The molecule has 0 spiro atoms. The van der Waals surface area contributed by atoms with Crippen LogP contribution in [0, 0.1) is 0 Å². The number of rotatable bonds is 1. The molecule has 1 aromatic carbocycles. The third kappa shape index (κ3) is 2.20. The first-order valence-corrected chi connectivity index (χ1v) is 5.36. The Morgan fingerprint density at radius 2 is 2.00 bits per heavy atom. The molecule has 17 heavy (non-hydrogen) atoms. The highest BCUT2D eigenvalue weighted by Crippen LogP contribution is 2.36. The SMILES string of the molecule is NNc1cc2c(Br)cccc2nc1C(F)(F)F. The van der Waals surface area contributed by atoms with E-state index in [1.54, 1.807) is 12.1 Å². The van der Waals surface area contributed by atoms with Crippen molar-refractivity contribution in [1.82, 2.24) is 4.98 Å². The number of anilines is 1. The van der Waals surface area contributed by atoms with Gasteiger partial charge in [-0.15, -0.1) is 0 Å². The molecule has 0 aliphatic heterocycles. The average Bonchev–Trinajstić information content (AvgIpc) is 2.27. The maximum absolute atomic E-state index is 12.7. The van der Waals surface area contributed by atoms with Gasteiger partial charge in [0.25, 0.3) is 0 Å². The molecule has 0 fully saturated rings. The van der Waals surface area contributed by atoms with E-state index in [0.29, 0.717) is 9.86 Å². The largest absolute Gasteiger partial charge is 0.435 e. The quantitative estimate of drug-likeness (QED) is 0.628. The van der Waals surface area contributed by atoms with Crippen molar-refractivity contribution in [3.05, 3.63) is 34.4 Å². The van der Waals surface area contributed by atoms with Crippen molar-refractivity contribution < 1.29 is 13.2 Å². The molecule has 0 amide bonds. The number of halogens is 4. The zero-order chi connectivity index (χ0) is 12.6. The zero-order valence-electron chi connectivity index (χ0n) is 8.35. The molecule has 0 atom stereocenters. The Hall–Kier alpha value is -1.34. The molecule has 2 aromatic rings. The van der Waals surface area contributed by atoms with Crippen molar-refractivity contribution >= 4 is 32.5 Å². The number of nitrogens with one attached hydrogen (secondary N) is 1. The first-order valence-electron chi connectivity index (χ1n) is 4.56. The van der Waals surface area contributed by atoms with Gasteiger partial charge in [-0.3, -0.25) is 5.84 Å². The van der Waals surface area contributed by atoms with Crippen molar-refractivity contribution in [3.63, 3.8) is 0 Å². The van der Waals surface area contributed by atoms with Crippen LogP contribution in [0.3, 0.4) is 0 Å². The Bertz CT molecular complexity index is 568. The fraction of sp³-hybridized carbons (Fsp3) is 0.100. The lowest BCUT2D eigenvalue weighted by atomic mass is 10.1. The number of hydrogen-bond donors (Lipinski definition) is 2. The van der Waals surface area contributed by atoms with E-state index in [1.165, 1.54) is 12.1 Å². The monoisotopic (exact) mass is 305 g/mol. The second-order valence-electron chi connectivity index (χ2n) is 3.33. The molecule has 3 nitrogen and oxygen atoms in total. The second kappa shape index (κ2) is 4.15. The number of benzene rings is 1. The van der Waals surface area contributed by atoms with Crippen LogP contribution in [-0.2, 0) is 6.18 Å². The molecule has 0 radical (unpaired) electrons. The fourth-order valence-electron chi connectivity index (χ4n) is 1.49. The predicted molar refractivity (Wildman–Crippen MR) is 62.3 cm³/mol. The molecule has 0 bridgehead atoms. The van der Waals surface area contributed by atoms with Gasteiger partial charge in [0.1, 0.15) is 0 Å². The number of hydrazine groups is 1. The molecule has 90 valence electrons. The molecule has 0 unspecified atom stereocenters. The fourth-order valence-corrected chi connectivity index (χ4v) is 1.96. The van der Waals surface area contributed by atoms with E-state index in [1.807, 2.05) is 5.43 Å². The number of nitrogen functional groups attached to an aromatic ring is 1. The summed E-state index contributed by atoms with van der Waals surface area (Å²) in [6.45, 7) is 0. The summed E-state index contributed by atoms with van der Waals surface area (Å²) >= 11 is 3.25. The van der Waals surface area contributed by atoms with Gasteiger partial charge in [0, 0.05) is 9.86 Å². The van der Waals surface area contributed by atoms with Crippen LogP contribution in [0.25, 0.3) is 10.9 Å². The average molecular weight is 306 g/mol. The normalized spacial score (nSPS) is 11.8. The number of hydrogen-bond acceptors (Lipinski definition) is 3. The molecule has 0 saturated carbocycles. The van der Waals surface area contributed by atoms with E-state index >= 15 is 0 Å². The van der Waals surface area contributed by atoms with Crippen molar-refractivity contribution in [3.8, 4) is 0 Å². The standard InChI is InChI=1S/C10H7BrF3N3/c11-6-2-1-3-7-5(6)4-8(17-15)9(16-7)10(12,13)14/h1-4,17H,15H2. The van der Waals surface area contributed by atoms with Gasteiger partial charge in [-0.05, 0) is 18.2 Å². The lowest BCUT2D eigenvalue weighted by molar-refractivity contribution is -0.140. The molecule has 3 N–H and O–H groups in total. The van der Waals surface area contributed by atoms with Crippen LogP contribution in [0.15, 0.2) is 28.7 Å². The highest BCUT2D eigenvalue weighted by Gasteiger charge is 2.35. The Balaban J connectivity index is 2.78. The van der Waals surface area contributed by atoms with Crippen LogP contribution in [0.5, 0.6) is 0 Å². The van der Waals surface area contributed by atoms with Crippen molar-refractivity contribution in [2.24, 2.45) is 5.84 Å². The molecule has 1 aromatic heterocycles. The third-order valence-corrected chi connectivity index (χ3v) is 2.92. The molecule has 0 aliphatic carbocycles. The summed E-state index contributed by atoms with van der Waals surface area (Å²) in [4.78, 5) is 3.58. The summed E-state index contributed by atoms with van der Waals surface area (Å²) in [7, 11) is 0. The Morgan fingerprint density at radius 3 is 2.59 bits per heavy atom. The molecule has 1 heterocycles. The third-order valence-electron chi connectivity index (χ3n) is 2.23. The van der Waals surface area contributed by atoms with Gasteiger partial charge >= 0.3 is 6.18 Å². The maximum atomic E-state index is 12.7. The van der Waals surface area contributed by atoms with E-state index in [-0.39, 0.29) is 11.2 Å². The molecule has 0 aliphatic rings. The molecular weight excluding hydrogens is 299 g/mol. The van der Waals surface area contributed by atoms with Crippen LogP contribution < -0.4 is 11.3 Å². The number of aromatic nitrogens is 1. The van der Waals surface area contributed by atoms with Crippen LogP contribution in [-0.4, -0.2) is 4.98 Å². The lowest BCUT2D eigenvalue weighted by Crippen LogP contribution is -2.16. The lowest BCUT2D eigenvalue weighted by Gasteiger charge is -2.12. The van der Waals surface area contributed by atoms with Crippen LogP contribution >= 0.6 is 15.9 Å². The van der Waals surface area contributed by atoms with Crippen molar-refractivity contribution in [2.45, 2.75) is 6.18 Å². The van der Waals surface area contributed by atoms with E-state index in [9.17, 15) is 13.2 Å². The summed E-state index contributed by atoms with van der Waals surface area (Å²) in [6.07, 6.45) is -4.54. The molecule has 0 saturated heterocycles. The minimum Gasteiger partial charge on any atom is -0.322 e. The number of alkyl halides is 3. The minimum atomic E-state index is -4.54. The highest BCUT2D eigenvalue weighted by molar-refractivity contribution is 9.10. The number of nitrogens with zero attached hydrogens (tertiary/aromatic N) is 1. The van der Waals surface area contributed by atoms with Gasteiger partial charge in [-0.25, -0.2) is 4.98 Å². The zero-order valence-corrected chi connectivity index (χ0v) is 9.93. The van der Waals surface area contributed by atoms with E-state index < -0.39 is 11.9 Å². The van der Waals surface area contributed by atoms with E-state index in [4.69, 9.17) is 5.84 Å². The van der Waals surface area contributed by atoms with Gasteiger partial charge in [-0.1, -0.05) is 22.0 Å². The summed E-state index contributed by atoms with van der Waals surface area (Å²) in [6, 6.07) is 6.16. The van der Waals surface area contributed by atoms with Crippen molar-refractivity contribution in [1.29, 1.82) is 0 Å². The molecular formula is C10H7BrF3N3. The summed E-state index contributed by atoms with van der Waals surface area (Å²) in [5, 5.41) is 0.563. The molecule has 7 heteroatoms. The summed E-state index contributed by atoms with van der Waals surface area (Å²) in [5.74, 6) is 5.08. The summed E-state index contributed by atoms with van der Waals surface area (Å²) < 4.78 is 38.7. The van der Waals surface area contributed by atoms with Gasteiger partial charge in [0.15, 0.2) is 5.69 Å². The van der Waals surface area contributed by atoms with Crippen LogP contribution in [0.2, 0.25) is 0 Å².